The van der Waals surface area contributed by atoms with Gasteiger partial charge in [-0.2, -0.15) is 4.31 Å². The molecule has 1 aromatic heterocycles. The summed E-state index contributed by atoms with van der Waals surface area (Å²) in [6, 6.07) is 21.4. The Labute approximate surface area is 153 Å². The molecule has 2 aromatic carbocycles. The van der Waals surface area contributed by atoms with Gasteiger partial charge < -0.3 is 4.90 Å². The molecule has 0 bridgehead atoms. The maximum Gasteiger partial charge on any atom is 0.218 e. The Hall–Kier alpha value is -2.44. The normalized spacial score (nSPS) is 16.1. The van der Waals surface area contributed by atoms with Crippen LogP contribution in [0.3, 0.4) is 0 Å². The van der Waals surface area contributed by atoms with Gasteiger partial charge in [-0.05, 0) is 23.8 Å². The van der Waals surface area contributed by atoms with Gasteiger partial charge in [0.15, 0.2) is 0 Å². The third kappa shape index (κ3) is 3.57. The van der Waals surface area contributed by atoms with Crippen molar-refractivity contribution in [2.75, 3.05) is 31.1 Å². The van der Waals surface area contributed by atoms with Crippen molar-refractivity contribution >= 4 is 26.7 Å². The van der Waals surface area contributed by atoms with Gasteiger partial charge >= 0.3 is 0 Å². The molecule has 1 saturated heterocycles. The molecule has 1 aliphatic rings. The fraction of sp³-hybridized carbons (Fsp3) is 0.250. The molecule has 0 atom stereocenters. The minimum absolute atomic E-state index is 0.0576. The van der Waals surface area contributed by atoms with Crippen LogP contribution in [0.1, 0.15) is 5.56 Å². The summed E-state index contributed by atoms with van der Waals surface area (Å²) >= 11 is 0. The van der Waals surface area contributed by atoms with Crippen LogP contribution in [0.4, 0.5) is 5.82 Å². The third-order valence-electron chi connectivity index (χ3n) is 4.73. The van der Waals surface area contributed by atoms with Crippen LogP contribution in [-0.2, 0) is 15.8 Å². The SMILES string of the molecule is O=S(=O)(Cc1ccccc1)N1CCN(c2ccc3ccccc3n2)CC1. The second kappa shape index (κ2) is 7.05. The number of hydrogen-bond donors (Lipinski definition) is 0. The largest absolute Gasteiger partial charge is 0.354 e. The lowest BCUT2D eigenvalue weighted by atomic mass is 10.2. The lowest BCUT2D eigenvalue weighted by Gasteiger charge is -2.34. The van der Waals surface area contributed by atoms with Crippen LogP contribution in [0.5, 0.6) is 0 Å². The molecule has 5 nitrogen and oxygen atoms in total. The number of aromatic nitrogens is 1. The fourth-order valence-corrected chi connectivity index (χ4v) is 4.82. The molecule has 1 fully saturated rings. The van der Waals surface area contributed by atoms with Crippen LogP contribution in [0.2, 0.25) is 0 Å². The summed E-state index contributed by atoms with van der Waals surface area (Å²) in [7, 11) is -3.29. The van der Waals surface area contributed by atoms with E-state index in [-0.39, 0.29) is 5.75 Å². The number of fused-ring (bicyclic) bond motifs is 1. The average Bonchev–Trinajstić information content (AvgIpc) is 2.68. The molecule has 134 valence electrons. The van der Waals surface area contributed by atoms with Crippen molar-refractivity contribution in [3.8, 4) is 0 Å². The van der Waals surface area contributed by atoms with E-state index < -0.39 is 10.0 Å². The van der Waals surface area contributed by atoms with Crippen molar-refractivity contribution in [2.24, 2.45) is 0 Å². The Morgan fingerprint density at radius 2 is 1.50 bits per heavy atom. The van der Waals surface area contributed by atoms with Gasteiger partial charge in [0.1, 0.15) is 5.82 Å². The average molecular weight is 367 g/mol. The number of rotatable bonds is 4. The maximum atomic E-state index is 12.7. The number of benzene rings is 2. The molecule has 0 radical (unpaired) electrons. The van der Waals surface area contributed by atoms with Crippen LogP contribution >= 0.6 is 0 Å². The minimum Gasteiger partial charge on any atom is -0.354 e. The van der Waals surface area contributed by atoms with Crippen molar-refractivity contribution in [1.29, 1.82) is 0 Å². The van der Waals surface area contributed by atoms with Crippen molar-refractivity contribution in [3.63, 3.8) is 0 Å². The molecule has 4 rings (SSSR count). The molecule has 0 saturated carbocycles. The van der Waals surface area contributed by atoms with E-state index in [1.165, 1.54) is 0 Å². The molecule has 0 spiro atoms. The molecule has 26 heavy (non-hydrogen) atoms. The highest BCUT2D eigenvalue weighted by Crippen LogP contribution is 2.20. The lowest BCUT2D eigenvalue weighted by Crippen LogP contribution is -2.49. The van der Waals surface area contributed by atoms with Crippen LogP contribution in [0.25, 0.3) is 10.9 Å². The van der Waals surface area contributed by atoms with Gasteiger partial charge in [-0.1, -0.05) is 48.5 Å². The second-order valence-electron chi connectivity index (χ2n) is 6.49. The number of pyridine rings is 1. The van der Waals surface area contributed by atoms with E-state index in [1.54, 1.807) is 4.31 Å². The van der Waals surface area contributed by atoms with Crippen molar-refractivity contribution in [3.05, 3.63) is 72.3 Å². The molecule has 0 amide bonds. The molecule has 6 heteroatoms. The second-order valence-corrected chi connectivity index (χ2v) is 8.46. The first-order valence-corrected chi connectivity index (χ1v) is 10.4. The Bertz CT molecular complexity index is 998. The number of nitrogens with zero attached hydrogens (tertiary/aromatic N) is 3. The van der Waals surface area contributed by atoms with Crippen LogP contribution in [-0.4, -0.2) is 43.9 Å². The molecule has 0 N–H and O–H groups in total. The summed E-state index contributed by atoms with van der Waals surface area (Å²) in [6.07, 6.45) is 0. The van der Waals surface area contributed by atoms with E-state index in [0.717, 1.165) is 22.3 Å². The number of sulfonamides is 1. The van der Waals surface area contributed by atoms with Crippen LogP contribution < -0.4 is 4.90 Å². The number of para-hydroxylation sites is 1. The predicted molar refractivity (Wildman–Crippen MR) is 105 cm³/mol. The van der Waals surface area contributed by atoms with Gasteiger partial charge in [0, 0.05) is 31.6 Å². The maximum absolute atomic E-state index is 12.7. The van der Waals surface area contributed by atoms with E-state index in [4.69, 9.17) is 4.98 Å². The zero-order chi connectivity index (χ0) is 18.0. The van der Waals surface area contributed by atoms with E-state index in [1.807, 2.05) is 60.7 Å². The summed E-state index contributed by atoms with van der Waals surface area (Å²) in [6.45, 7) is 2.28. The van der Waals surface area contributed by atoms with E-state index in [9.17, 15) is 8.42 Å². The fourth-order valence-electron chi connectivity index (χ4n) is 3.30. The van der Waals surface area contributed by atoms with E-state index in [2.05, 4.69) is 11.0 Å². The quantitative estimate of drug-likeness (QED) is 0.712. The van der Waals surface area contributed by atoms with Gasteiger partial charge in [-0.3, -0.25) is 0 Å². The first kappa shape index (κ1) is 17.0. The highest BCUT2D eigenvalue weighted by atomic mass is 32.2. The Balaban J connectivity index is 1.44. The standard InChI is InChI=1S/C20H21N3O2S/c24-26(25,16-17-6-2-1-3-7-17)23-14-12-22(13-15-23)20-11-10-18-8-4-5-9-19(18)21-20/h1-11H,12-16H2. The summed E-state index contributed by atoms with van der Waals surface area (Å²) in [4.78, 5) is 6.87. The zero-order valence-corrected chi connectivity index (χ0v) is 15.3. The van der Waals surface area contributed by atoms with E-state index in [0.29, 0.717) is 26.2 Å². The van der Waals surface area contributed by atoms with Crippen molar-refractivity contribution in [2.45, 2.75) is 5.75 Å². The molecule has 1 aliphatic heterocycles. The zero-order valence-electron chi connectivity index (χ0n) is 14.5. The molecule has 2 heterocycles. The highest BCUT2D eigenvalue weighted by Gasteiger charge is 2.27. The van der Waals surface area contributed by atoms with Gasteiger partial charge in [-0.25, -0.2) is 13.4 Å². The first-order chi connectivity index (χ1) is 12.6. The molecule has 0 aliphatic carbocycles. The first-order valence-electron chi connectivity index (χ1n) is 8.74. The molecule has 0 unspecified atom stereocenters. The van der Waals surface area contributed by atoms with Gasteiger partial charge in [0.25, 0.3) is 0 Å². The number of hydrogen-bond acceptors (Lipinski definition) is 4. The topological polar surface area (TPSA) is 53.5 Å². The number of piperazine rings is 1. The summed E-state index contributed by atoms with van der Waals surface area (Å²) in [5.41, 5.74) is 1.79. The Kier molecular flexibility index (Phi) is 4.61. The lowest BCUT2D eigenvalue weighted by molar-refractivity contribution is 0.383. The number of anilines is 1. The Morgan fingerprint density at radius 1 is 0.808 bits per heavy atom. The summed E-state index contributed by atoms with van der Waals surface area (Å²) in [5.74, 6) is 0.964. The third-order valence-corrected chi connectivity index (χ3v) is 6.58. The highest BCUT2D eigenvalue weighted by molar-refractivity contribution is 7.88. The van der Waals surface area contributed by atoms with Gasteiger partial charge in [0.2, 0.25) is 10.0 Å². The Morgan fingerprint density at radius 3 is 2.27 bits per heavy atom. The smallest absolute Gasteiger partial charge is 0.218 e. The summed E-state index contributed by atoms with van der Waals surface area (Å²) < 4.78 is 26.9. The molecule has 3 aromatic rings. The van der Waals surface area contributed by atoms with Crippen LogP contribution in [0, 0.1) is 0 Å². The van der Waals surface area contributed by atoms with Gasteiger partial charge in [-0.15, -0.1) is 0 Å². The monoisotopic (exact) mass is 367 g/mol. The van der Waals surface area contributed by atoms with Crippen molar-refractivity contribution < 1.29 is 8.42 Å². The van der Waals surface area contributed by atoms with Gasteiger partial charge in [0.05, 0.1) is 11.3 Å². The minimum atomic E-state index is -3.29. The van der Waals surface area contributed by atoms with Crippen LogP contribution in [0.15, 0.2) is 66.7 Å². The van der Waals surface area contributed by atoms with E-state index >= 15 is 0 Å². The van der Waals surface area contributed by atoms with Crippen molar-refractivity contribution in [1.82, 2.24) is 9.29 Å². The predicted octanol–water partition coefficient (Wildman–Crippen LogP) is 2.89. The molecular weight excluding hydrogens is 346 g/mol. The summed E-state index contributed by atoms with van der Waals surface area (Å²) in [5, 5.41) is 1.11. The molecular formula is C20H21N3O2S.